The lowest BCUT2D eigenvalue weighted by Crippen LogP contribution is -2.39. The summed E-state index contributed by atoms with van der Waals surface area (Å²) < 4.78 is 11.7. The zero-order valence-corrected chi connectivity index (χ0v) is 16.9. The molecule has 8 heteroatoms. The maximum Gasteiger partial charge on any atom is 0.296 e. The van der Waals surface area contributed by atoms with Crippen LogP contribution in [0.1, 0.15) is 44.2 Å². The van der Waals surface area contributed by atoms with Crippen LogP contribution >= 0.6 is 11.3 Å². The lowest BCUT2D eigenvalue weighted by atomic mass is 9.77. The minimum atomic E-state index is -0.559. The van der Waals surface area contributed by atoms with E-state index in [9.17, 15) is 9.59 Å². The van der Waals surface area contributed by atoms with Gasteiger partial charge < -0.3 is 9.47 Å². The van der Waals surface area contributed by atoms with E-state index in [0.717, 1.165) is 37.0 Å². The highest BCUT2D eigenvalue weighted by atomic mass is 32.1. The van der Waals surface area contributed by atoms with Crippen LogP contribution in [-0.2, 0) is 14.3 Å². The van der Waals surface area contributed by atoms with Crippen molar-refractivity contribution in [1.29, 1.82) is 0 Å². The molecule has 3 atom stereocenters. The number of ketones is 1. The summed E-state index contributed by atoms with van der Waals surface area (Å²) in [5, 5.41) is 8.45. The first kappa shape index (κ1) is 18.3. The third kappa shape index (κ3) is 2.93. The van der Waals surface area contributed by atoms with E-state index >= 15 is 0 Å². The van der Waals surface area contributed by atoms with Crippen LogP contribution in [0.5, 0.6) is 5.75 Å². The second kappa shape index (κ2) is 7.26. The van der Waals surface area contributed by atoms with Gasteiger partial charge in [-0.05, 0) is 43.9 Å². The molecule has 0 N–H and O–H groups in total. The molecule has 2 aliphatic heterocycles. The SMILES string of the molecule is CCOc1ccc(C2C3=C(OC4CCCCC4C3=O)C(=O)N2c2nncs2)cc1. The first-order chi connectivity index (χ1) is 14.2. The van der Waals surface area contributed by atoms with Crippen LogP contribution < -0.4 is 9.64 Å². The number of aromatic nitrogens is 2. The summed E-state index contributed by atoms with van der Waals surface area (Å²) in [7, 11) is 0. The molecule has 7 nitrogen and oxygen atoms in total. The molecule has 1 fully saturated rings. The minimum absolute atomic E-state index is 0.0372. The van der Waals surface area contributed by atoms with Crippen molar-refractivity contribution in [3.63, 3.8) is 0 Å². The van der Waals surface area contributed by atoms with Crippen molar-refractivity contribution in [1.82, 2.24) is 10.2 Å². The molecular weight excluding hydrogens is 390 g/mol. The van der Waals surface area contributed by atoms with E-state index < -0.39 is 6.04 Å². The van der Waals surface area contributed by atoms with Crippen molar-refractivity contribution in [2.75, 3.05) is 11.5 Å². The van der Waals surface area contributed by atoms with Gasteiger partial charge in [-0.15, -0.1) is 10.2 Å². The lowest BCUT2D eigenvalue weighted by Gasteiger charge is -2.35. The third-order valence-electron chi connectivity index (χ3n) is 5.82. The number of nitrogens with zero attached hydrogens (tertiary/aromatic N) is 3. The number of amides is 1. The summed E-state index contributed by atoms with van der Waals surface area (Å²) in [4.78, 5) is 28.3. The Kier molecular flexibility index (Phi) is 4.58. The van der Waals surface area contributed by atoms with E-state index in [0.29, 0.717) is 17.3 Å². The van der Waals surface area contributed by atoms with Crippen molar-refractivity contribution in [2.45, 2.75) is 44.8 Å². The number of Topliss-reactive ketones (excluding diaryl/α,β-unsaturated/α-hetero) is 1. The number of benzene rings is 1. The molecule has 2 aromatic rings. The van der Waals surface area contributed by atoms with Crippen LogP contribution in [0.2, 0.25) is 0 Å². The van der Waals surface area contributed by atoms with E-state index in [2.05, 4.69) is 10.2 Å². The smallest absolute Gasteiger partial charge is 0.296 e. The molecule has 3 unspecified atom stereocenters. The number of carbonyl (C=O) groups excluding carboxylic acids is 2. The van der Waals surface area contributed by atoms with Gasteiger partial charge in [-0.1, -0.05) is 29.9 Å². The van der Waals surface area contributed by atoms with Crippen molar-refractivity contribution in [3.8, 4) is 5.75 Å². The van der Waals surface area contributed by atoms with Crippen LogP contribution in [0, 0.1) is 5.92 Å². The molecule has 3 heterocycles. The van der Waals surface area contributed by atoms with Crippen LogP contribution in [0.15, 0.2) is 41.1 Å². The van der Waals surface area contributed by atoms with Crippen molar-refractivity contribution in [3.05, 3.63) is 46.7 Å². The topological polar surface area (TPSA) is 81.6 Å². The number of hydrogen-bond acceptors (Lipinski definition) is 7. The summed E-state index contributed by atoms with van der Waals surface area (Å²) in [6.07, 6.45) is 3.46. The molecule has 150 valence electrons. The molecule has 3 aliphatic rings. The number of carbonyl (C=O) groups is 2. The van der Waals surface area contributed by atoms with Crippen LogP contribution in [0.25, 0.3) is 0 Å². The van der Waals surface area contributed by atoms with Crippen LogP contribution in [0.4, 0.5) is 5.13 Å². The average molecular weight is 411 g/mol. The molecule has 1 aromatic heterocycles. The standard InChI is InChI=1S/C21H21N3O4S/c1-2-27-13-9-7-12(8-10-13)17-16-18(25)14-5-3-4-6-15(14)28-19(16)20(26)24(17)21-23-22-11-29-21/h7-11,14-15,17H,2-6H2,1H3. The largest absolute Gasteiger partial charge is 0.494 e. The second-order valence-corrected chi connectivity index (χ2v) is 8.27. The molecule has 0 bridgehead atoms. The zero-order chi connectivity index (χ0) is 20.0. The predicted octanol–water partition coefficient (Wildman–Crippen LogP) is 3.44. The summed E-state index contributed by atoms with van der Waals surface area (Å²) in [6.45, 7) is 2.50. The molecule has 1 aliphatic carbocycles. The van der Waals surface area contributed by atoms with Gasteiger partial charge in [-0.3, -0.25) is 14.5 Å². The Morgan fingerprint density at radius 3 is 2.72 bits per heavy atom. The monoisotopic (exact) mass is 411 g/mol. The van der Waals surface area contributed by atoms with Gasteiger partial charge >= 0.3 is 0 Å². The van der Waals surface area contributed by atoms with Gasteiger partial charge in [-0.25, -0.2) is 0 Å². The fourth-order valence-electron chi connectivity index (χ4n) is 4.54. The van der Waals surface area contributed by atoms with Crippen molar-refractivity contribution < 1.29 is 19.1 Å². The van der Waals surface area contributed by atoms with E-state index in [-0.39, 0.29) is 29.5 Å². The molecule has 5 rings (SSSR count). The van der Waals surface area contributed by atoms with Crippen molar-refractivity contribution >= 4 is 28.2 Å². The maximum atomic E-state index is 13.5. The van der Waals surface area contributed by atoms with Crippen LogP contribution in [0.3, 0.4) is 0 Å². The Bertz CT molecular complexity index is 970. The molecule has 0 saturated heterocycles. The molecule has 1 amide bonds. The lowest BCUT2D eigenvalue weighted by molar-refractivity contribution is -0.131. The quantitative estimate of drug-likeness (QED) is 0.767. The summed E-state index contributed by atoms with van der Waals surface area (Å²) >= 11 is 1.27. The Balaban J connectivity index is 1.60. The highest BCUT2D eigenvalue weighted by Crippen LogP contribution is 2.48. The minimum Gasteiger partial charge on any atom is -0.494 e. The normalized spacial score (nSPS) is 26.2. The van der Waals surface area contributed by atoms with Gasteiger partial charge in [0.05, 0.1) is 24.1 Å². The number of ether oxygens (including phenoxy) is 2. The van der Waals surface area contributed by atoms with Crippen LogP contribution in [-0.4, -0.2) is 34.6 Å². The number of anilines is 1. The Hall–Kier alpha value is -2.74. The van der Waals surface area contributed by atoms with E-state index in [1.807, 2.05) is 31.2 Å². The fraction of sp³-hybridized carbons (Fsp3) is 0.429. The van der Waals surface area contributed by atoms with Gasteiger partial charge in [0.15, 0.2) is 11.5 Å². The van der Waals surface area contributed by atoms with Gasteiger partial charge in [0.25, 0.3) is 5.91 Å². The second-order valence-electron chi connectivity index (χ2n) is 7.46. The Morgan fingerprint density at radius 2 is 2.00 bits per heavy atom. The zero-order valence-electron chi connectivity index (χ0n) is 16.0. The summed E-state index contributed by atoms with van der Waals surface area (Å²) in [5.74, 6) is 0.487. The van der Waals surface area contributed by atoms with E-state index in [1.54, 1.807) is 10.4 Å². The van der Waals surface area contributed by atoms with Gasteiger partial charge in [0, 0.05) is 0 Å². The molecule has 0 spiro atoms. The molecular formula is C21H21N3O4S. The third-order valence-corrected chi connectivity index (χ3v) is 6.51. The maximum absolute atomic E-state index is 13.5. The number of rotatable bonds is 4. The first-order valence-electron chi connectivity index (χ1n) is 9.96. The van der Waals surface area contributed by atoms with Gasteiger partial charge in [0.2, 0.25) is 5.13 Å². The average Bonchev–Trinajstić information content (AvgIpc) is 3.36. The molecule has 29 heavy (non-hydrogen) atoms. The first-order valence-corrected chi connectivity index (χ1v) is 10.8. The number of fused-ring (bicyclic) bond motifs is 1. The van der Waals surface area contributed by atoms with E-state index in [4.69, 9.17) is 9.47 Å². The van der Waals surface area contributed by atoms with Gasteiger partial charge in [-0.2, -0.15) is 0 Å². The predicted molar refractivity (Wildman–Crippen MR) is 107 cm³/mol. The summed E-state index contributed by atoms with van der Waals surface area (Å²) in [5.41, 5.74) is 2.86. The van der Waals surface area contributed by atoms with E-state index in [1.165, 1.54) is 11.3 Å². The molecule has 1 saturated carbocycles. The number of hydrogen-bond donors (Lipinski definition) is 0. The fourth-order valence-corrected chi connectivity index (χ4v) is 5.13. The molecule has 0 radical (unpaired) electrons. The highest BCUT2D eigenvalue weighted by molar-refractivity contribution is 7.13. The highest BCUT2D eigenvalue weighted by Gasteiger charge is 2.53. The Morgan fingerprint density at radius 1 is 1.21 bits per heavy atom. The molecule has 1 aromatic carbocycles. The summed E-state index contributed by atoms with van der Waals surface area (Å²) in [6, 6.07) is 6.95. The Labute approximate surface area is 172 Å². The van der Waals surface area contributed by atoms with Gasteiger partial charge in [0.1, 0.15) is 17.4 Å². The van der Waals surface area contributed by atoms with Crippen molar-refractivity contribution in [2.24, 2.45) is 5.92 Å².